The van der Waals surface area contributed by atoms with Crippen LogP contribution in [0.2, 0.25) is 17.1 Å². The minimum atomic E-state index is -0.188. The Labute approximate surface area is 34.0 Å². The van der Waals surface area contributed by atoms with Crippen LogP contribution in [-0.2, 0) is 0 Å². The topological polar surface area (TPSA) is 0 Å². The van der Waals surface area contributed by atoms with E-state index in [9.17, 15) is 0 Å². The molecule has 0 heterocycles. The first kappa shape index (κ1) is 4.56. The Hall–Kier alpha value is 0.558. The molecule has 0 saturated carbocycles. The molecular weight excluding hydrogens is 111 g/mol. The molecule has 0 unspecified atom stereocenters. The maximum Gasteiger partial charge on any atom is 0 e. The van der Waals surface area contributed by atoms with E-state index in [-0.39, 0.29) is 16.1 Å². The summed E-state index contributed by atoms with van der Waals surface area (Å²) in [5.41, 5.74) is 6.94. The SMILES string of the molecule is C[As](C)C.[HH]. The van der Waals surface area contributed by atoms with Gasteiger partial charge in [0, 0.05) is 1.43 Å². The fourth-order valence-corrected chi connectivity index (χ4v) is 0. The summed E-state index contributed by atoms with van der Waals surface area (Å²) in [5.74, 6) is 0. The average Bonchev–Trinajstić information content (AvgIpc) is 0.811. The third kappa shape index (κ3) is 19.9. The van der Waals surface area contributed by atoms with Crippen molar-refractivity contribution in [3.8, 4) is 0 Å². The van der Waals surface area contributed by atoms with Gasteiger partial charge in [0.05, 0.1) is 0 Å². The molecule has 0 aromatic heterocycles. The van der Waals surface area contributed by atoms with Crippen LogP contribution in [0.1, 0.15) is 1.43 Å². The summed E-state index contributed by atoms with van der Waals surface area (Å²) >= 11 is -0.188. The van der Waals surface area contributed by atoms with Crippen molar-refractivity contribution in [1.29, 1.82) is 0 Å². The van der Waals surface area contributed by atoms with Gasteiger partial charge in [-0.25, -0.2) is 0 Å². The maximum atomic E-state index is 2.31. The molecule has 0 aliphatic carbocycles. The van der Waals surface area contributed by atoms with E-state index < -0.39 is 0 Å². The molecule has 0 spiro atoms. The van der Waals surface area contributed by atoms with Crippen molar-refractivity contribution in [2.45, 2.75) is 17.1 Å². The van der Waals surface area contributed by atoms with Crippen molar-refractivity contribution >= 4 is 14.7 Å². The second kappa shape index (κ2) is 1.84. The number of hydrogen-bond donors (Lipinski definition) is 0. The molecular formula is C3H11As. The van der Waals surface area contributed by atoms with Crippen molar-refractivity contribution in [2.24, 2.45) is 0 Å². The van der Waals surface area contributed by atoms with Crippen molar-refractivity contribution in [2.75, 3.05) is 0 Å². The Balaban J connectivity index is 0. The minimum Gasteiger partial charge on any atom is 0 e. The van der Waals surface area contributed by atoms with Crippen molar-refractivity contribution in [3.63, 3.8) is 0 Å². The zero-order chi connectivity index (χ0) is 3.58. The second-order valence-corrected chi connectivity index (χ2v) is 6.97. The van der Waals surface area contributed by atoms with E-state index in [0.29, 0.717) is 0 Å². The molecule has 0 rings (SSSR count). The van der Waals surface area contributed by atoms with E-state index >= 15 is 0 Å². The molecule has 0 saturated heterocycles. The van der Waals surface area contributed by atoms with Gasteiger partial charge in [0.1, 0.15) is 0 Å². The molecule has 0 aliphatic heterocycles. The predicted octanol–water partition coefficient (Wildman–Crippen LogP) is 1.62. The fourth-order valence-electron chi connectivity index (χ4n) is 0. The van der Waals surface area contributed by atoms with E-state index in [1.807, 2.05) is 0 Å². The summed E-state index contributed by atoms with van der Waals surface area (Å²) in [6.45, 7) is 0. The van der Waals surface area contributed by atoms with Crippen LogP contribution in [0, 0.1) is 0 Å². The van der Waals surface area contributed by atoms with Crippen molar-refractivity contribution in [3.05, 3.63) is 0 Å². The van der Waals surface area contributed by atoms with Gasteiger partial charge in [0.15, 0.2) is 0 Å². The van der Waals surface area contributed by atoms with E-state index in [2.05, 4.69) is 17.1 Å². The predicted molar refractivity (Wildman–Crippen MR) is 25.5 cm³/mol. The molecule has 1 heteroatoms. The molecule has 0 amide bonds. The van der Waals surface area contributed by atoms with Crippen LogP contribution in [-0.4, -0.2) is 14.7 Å². The number of hydrogen-bond acceptors (Lipinski definition) is 0. The molecule has 0 radical (unpaired) electrons. The third-order valence-electron chi connectivity index (χ3n) is 0. The minimum absolute atomic E-state index is 0. The zero-order valence-electron chi connectivity index (χ0n) is 3.45. The monoisotopic (exact) mass is 122 g/mol. The second-order valence-electron chi connectivity index (χ2n) is 1.34. The summed E-state index contributed by atoms with van der Waals surface area (Å²) in [7, 11) is 0. The van der Waals surface area contributed by atoms with E-state index in [4.69, 9.17) is 0 Å². The molecule has 0 aromatic rings. The summed E-state index contributed by atoms with van der Waals surface area (Å²) in [6, 6.07) is 0. The van der Waals surface area contributed by atoms with Crippen molar-refractivity contribution < 1.29 is 1.43 Å². The van der Waals surface area contributed by atoms with Gasteiger partial charge in [-0.1, -0.05) is 0 Å². The molecule has 0 aromatic carbocycles. The van der Waals surface area contributed by atoms with Crippen LogP contribution < -0.4 is 0 Å². The molecule has 0 atom stereocenters. The summed E-state index contributed by atoms with van der Waals surface area (Å²) in [6.07, 6.45) is 0. The quantitative estimate of drug-likeness (QED) is 0.428. The van der Waals surface area contributed by atoms with Crippen LogP contribution in [0.5, 0.6) is 0 Å². The average molecular weight is 122 g/mol. The molecule has 0 nitrogen and oxygen atoms in total. The zero-order valence-corrected chi connectivity index (χ0v) is 5.32. The summed E-state index contributed by atoms with van der Waals surface area (Å²) in [5, 5.41) is 0. The molecule has 0 aliphatic rings. The van der Waals surface area contributed by atoms with Gasteiger partial charge in [0.2, 0.25) is 0 Å². The van der Waals surface area contributed by atoms with E-state index in [1.165, 1.54) is 0 Å². The Morgan fingerprint density at radius 1 is 1.25 bits per heavy atom. The Morgan fingerprint density at radius 3 is 1.25 bits per heavy atom. The Kier molecular flexibility index (Phi) is 2.10. The van der Waals surface area contributed by atoms with Gasteiger partial charge in [-0.05, 0) is 0 Å². The fraction of sp³-hybridized carbons (Fsp3) is 1.00. The smallest absolute Gasteiger partial charge is 0 e. The first-order chi connectivity index (χ1) is 1.73. The summed E-state index contributed by atoms with van der Waals surface area (Å²) in [4.78, 5) is 0. The van der Waals surface area contributed by atoms with Gasteiger partial charge in [-0.15, -0.1) is 0 Å². The molecule has 28 valence electrons. The molecule has 4 heavy (non-hydrogen) atoms. The Morgan fingerprint density at radius 2 is 1.25 bits per heavy atom. The first-order valence-corrected chi connectivity index (χ1v) is 6.97. The standard InChI is InChI=1S/C3H9As.H2/c1-4(2)3;/h1-3H3;1H. The van der Waals surface area contributed by atoms with Gasteiger partial charge >= 0.3 is 31.8 Å². The molecule has 0 bridgehead atoms. The normalized spacial score (nSPS) is 9.00. The number of rotatable bonds is 0. The molecule has 0 N–H and O–H groups in total. The largest absolute Gasteiger partial charge is 0 e. The first-order valence-electron chi connectivity index (χ1n) is 1.34. The van der Waals surface area contributed by atoms with Crippen LogP contribution in [0.3, 0.4) is 0 Å². The van der Waals surface area contributed by atoms with Crippen LogP contribution in [0.4, 0.5) is 0 Å². The van der Waals surface area contributed by atoms with Gasteiger partial charge < -0.3 is 0 Å². The third-order valence-corrected chi connectivity index (χ3v) is 0. The van der Waals surface area contributed by atoms with Gasteiger partial charge in [0.25, 0.3) is 0 Å². The molecule has 0 fully saturated rings. The summed E-state index contributed by atoms with van der Waals surface area (Å²) < 4.78 is 0. The van der Waals surface area contributed by atoms with Gasteiger partial charge in [-0.3, -0.25) is 0 Å². The van der Waals surface area contributed by atoms with Gasteiger partial charge in [-0.2, -0.15) is 0 Å². The van der Waals surface area contributed by atoms with Crippen LogP contribution >= 0.6 is 0 Å². The van der Waals surface area contributed by atoms with Crippen LogP contribution in [0.15, 0.2) is 0 Å². The van der Waals surface area contributed by atoms with Crippen molar-refractivity contribution in [1.82, 2.24) is 0 Å². The Bertz CT molecular complexity index is 11.6. The maximum absolute atomic E-state index is 2.31. The van der Waals surface area contributed by atoms with Crippen LogP contribution in [0.25, 0.3) is 0 Å². The van der Waals surface area contributed by atoms with E-state index in [1.54, 1.807) is 0 Å². The van der Waals surface area contributed by atoms with E-state index in [0.717, 1.165) is 0 Å².